The number of carboxylic acid groups (broad SMARTS) is 1. The molecule has 0 bridgehead atoms. The first-order chi connectivity index (χ1) is 8.85. The minimum absolute atomic E-state index is 0.239. The molecule has 0 aromatic heterocycles. The van der Waals surface area contributed by atoms with Crippen LogP contribution in [0.2, 0.25) is 0 Å². The fraction of sp³-hybridized carbons (Fsp3) is 0.300. The minimum atomic E-state index is -5.24. The third-order valence-corrected chi connectivity index (χ3v) is 2.31. The summed E-state index contributed by atoms with van der Waals surface area (Å²) in [6, 6.07) is -0.513. The average molecular weight is 304 g/mol. The lowest BCUT2D eigenvalue weighted by Gasteiger charge is -2.18. The molecule has 0 amide bonds. The Morgan fingerprint density at radius 1 is 1.00 bits per heavy atom. The molecule has 1 rings (SSSR count). The lowest BCUT2D eigenvalue weighted by atomic mass is 9.97. The Hall–Kier alpha value is -1.97. The van der Waals surface area contributed by atoms with Gasteiger partial charge in [-0.15, -0.1) is 0 Å². The Morgan fingerprint density at radius 2 is 1.45 bits per heavy atom. The predicted molar refractivity (Wildman–Crippen MR) is 50.7 cm³/mol. The molecule has 0 spiro atoms. The second-order valence-electron chi connectivity index (χ2n) is 3.69. The number of hydrogen-bond donors (Lipinski definition) is 3. The highest BCUT2D eigenvalue weighted by Gasteiger charge is 2.41. The van der Waals surface area contributed by atoms with Crippen molar-refractivity contribution in [2.24, 2.45) is 0 Å². The third kappa shape index (κ3) is 3.13. The Balaban J connectivity index is 3.63. The summed E-state index contributed by atoms with van der Waals surface area (Å²) in [5, 5.41) is 26.5. The minimum Gasteiger partial charge on any atom is -0.507 e. The van der Waals surface area contributed by atoms with Crippen LogP contribution in [0.15, 0.2) is 12.1 Å². The van der Waals surface area contributed by atoms with E-state index in [-0.39, 0.29) is 12.1 Å². The molecular formula is C10H6F6O4. The van der Waals surface area contributed by atoms with Crippen molar-refractivity contribution in [1.29, 1.82) is 0 Å². The van der Waals surface area contributed by atoms with Gasteiger partial charge in [0.2, 0.25) is 0 Å². The topological polar surface area (TPSA) is 77.8 Å². The first kappa shape index (κ1) is 16.1. The van der Waals surface area contributed by atoms with Crippen molar-refractivity contribution in [3.05, 3.63) is 28.8 Å². The van der Waals surface area contributed by atoms with Crippen LogP contribution in [0.25, 0.3) is 0 Å². The van der Waals surface area contributed by atoms with E-state index < -0.39 is 46.9 Å². The van der Waals surface area contributed by atoms with Crippen LogP contribution in [0.4, 0.5) is 26.3 Å². The highest BCUT2D eigenvalue weighted by molar-refractivity contribution is 5.75. The molecular weight excluding hydrogens is 298 g/mol. The molecule has 0 radical (unpaired) electrons. The zero-order chi connectivity index (χ0) is 15.9. The summed E-state index contributed by atoms with van der Waals surface area (Å²) in [6.07, 6.45) is -13.3. The number of aliphatic hydroxyl groups excluding tert-OH is 1. The lowest BCUT2D eigenvalue weighted by molar-refractivity contribution is -0.150. The first-order valence-corrected chi connectivity index (χ1v) is 4.78. The molecule has 3 N–H and O–H groups in total. The van der Waals surface area contributed by atoms with Crippen LogP contribution in [0.1, 0.15) is 22.8 Å². The number of benzene rings is 1. The number of rotatable bonds is 2. The summed E-state index contributed by atoms with van der Waals surface area (Å²) in [5.41, 5.74) is -5.24. The highest BCUT2D eigenvalue weighted by Crippen LogP contribution is 2.43. The van der Waals surface area contributed by atoms with E-state index in [9.17, 15) is 31.1 Å². The standard InChI is InChI=1S/C10H6F6O4/c11-9(12,13)4-2-6(17)5(10(14,15)16)1-3(4)7(18)8(19)20/h1-2,7,17-18H,(H,19,20). The molecule has 0 aliphatic rings. The molecule has 20 heavy (non-hydrogen) atoms. The summed E-state index contributed by atoms with van der Waals surface area (Å²) in [5.74, 6) is -3.87. The molecule has 1 unspecified atom stereocenters. The van der Waals surface area contributed by atoms with Gasteiger partial charge in [0.15, 0.2) is 6.10 Å². The van der Waals surface area contributed by atoms with Gasteiger partial charge in [-0.1, -0.05) is 0 Å². The van der Waals surface area contributed by atoms with E-state index in [1.807, 2.05) is 0 Å². The molecule has 1 aromatic carbocycles. The molecule has 10 heteroatoms. The van der Waals surface area contributed by atoms with Gasteiger partial charge in [0.05, 0.1) is 11.1 Å². The zero-order valence-corrected chi connectivity index (χ0v) is 9.25. The van der Waals surface area contributed by atoms with Gasteiger partial charge < -0.3 is 15.3 Å². The summed E-state index contributed by atoms with van der Waals surface area (Å²) >= 11 is 0. The lowest BCUT2D eigenvalue weighted by Crippen LogP contribution is -2.19. The number of phenols is 1. The van der Waals surface area contributed by atoms with Crippen molar-refractivity contribution in [2.45, 2.75) is 18.5 Å². The Kier molecular flexibility index (Phi) is 3.90. The van der Waals surface area contributed by atoms with Crippen LogP contribution < -0.4 is 0 Å². The molecule has 4 nitrogen and oxygen atoms in total. The maximum Gasteiger partial charge on any atom is 0.419 e. The van der Waals surface area contributed by atoms with Crippen LogP contribution in [0, 0.1) is 0 Å². The SMILES string of the molecule is O=C(O)C(O)c1cc(C(F)(F)F)c(O)cc1C(F)(F)F. The van der Waals surface area contributed by atoms with E-state index in [1.54, 1.807) is 0 Å². The van der Waals surface area contributed by atoms with Crippen LogP contribution in [0.3, 0.4) is 0 Å². The van der Waals surface area contributed by atoms with Crippen LogP contribution >= 0.6 is 0 Å². The van der Waals surface area contributed by atoms with Crippen molar-refractivity contribution in [3.8, 4) is 5.75 Å². The van der Waals surface area contributed by atoms with Crippen molar-refractivity contribution in [2.75, 3.05) is 0 Å². The number of halogens is 6. The Bertz CT molecular complexity index is 534. The van der Waals surface area contributed by atoms with Crippen LogP contribution in [-0.2, 0) is 17.1 Å². The maximum atomic E-state index is 12.6. The summed E-state index contributed by atoms with van der Waals surface area (Å²) < 4.78 is 75.1. The highest BCUT2D eigenvalue weighted by atomic mass is 19.4. The van der Waals surface area contributed by atoms with Gasteiger partial charge in [-0.25, -0.2) is 4.79 Å². The molecule has 1 atom stereocenters. The number of hydrogen-bond acceptors (Lipinski definition) is 3. The van der Waals surface area contributed by atoms with E-state index in [0.717, 1.165) is 0 Å². The first-order valence-electron chi connectivity index (χ1n) is 4.78. The number of aliphatic hydroxyl groups is 1. The maximum absolute atomic E-state index is 12.6. The Labute approximate surface area is 106 Å². The second-order valence-corrected chi connectivity index (χ2v) is 3.69. The number of carbonyl (C=O) groups is 1. The van der Waals surface area contributed by atoms with Gasteiger partial charge in [-0.2, -0.15) is 26.3 Å². The molecule has 0 aliphatic carbocycles. The van der Waals surface area contributed by atoms with Gasteiger partial charge in [0.1, 0.15) is 5.75 Å². The van der Waals surface area contributed by atoms with Gasteiger partial charge >= 0.3 is 18.3 Å². The van der Waals surface area contributed by atoms with E-state index >= 15 is 0 Å². The van der Waals surface area contributed by atoms with Crippen molar-refractivity contribution >= 4 is 5.97 Å². The molecule has 0 saturated carbocycles. The van der Waals surface area contributed by atoms with Gasteiger partial charge in [0.25, 0.3) is 0 Å². The molecule has 112 valence electrons. The Morgan fingerprint density at radius 3 is 1.80 bits per heavy atom. The van der Waals surface area contributed by atoms with Gasteiger partial charge in [-0.3, -0.25) is 0 Å². The smallest absolute Gasteiger partial charge is 0.419 e. The van der Waals surface area contributed by atoms with Crippen molar-refractivity contribution in [1.82, 2.24) is 0 Å². The van der Waals surface area contributed by atoms with E-state index in [1.165, 1.54) is 0 Å². The zero-order valence-electron chi connectivity index (χ0n) is 9.25. The summed E-state index contributed by atoms with van der Waals surface area (Å²) in [6.45, 7) is 0. The fourth-order valence-corrected chi connectivity index (χ4v) is 1.44. The monoisotopic (exact) mass is 304 g/mol. The molecule has 1 aromatic rings. The van der Waals surface area contributed by atoms with Crippen molar-refractivity contribution in [3.63, 3.8) is 0 Å². The number of aliphatic carboxylic acids is 1. The number of carboxylic acids is 1. The van der Waals surface area contributed by atoms with Gasteiger partial charge in [0, 0.05) is 5.56 Å². The van der Waals surface area contributed by atoms with E-state index in [4.69, 9.17) is 15.3 Å². The van der Waals surface area contributed by atoms with Crippen molar-refractivity contribution < 1.29 is 46.5 Å². The predicted octanol–water partition coefficient (Wildman–Crippen LogP) is 2.55. The quantitative estimate of drug-likeness (QED) is 0.734. The largest absolute Gasteiger partial charge is 0.507 e. The summed E-state index contributed by atoms with van der Waals surface area (Å²) in [4.78, 5) is 10.5. The molecule has 0 heterocycles. The van der Waals surface area contributed by atoms with E-state index in [2.05, 4.69) is 0 Å². The van der Waals surface area contributed by atoms with E-state index in [0.29, 0.717) is 0 Å². The van der Waals surface area contributed by atoms with Crippen LogP contribution in [-0.4, -0.2) is 21.3 Å². The van der Waals surface area contributed by atoms with Crippen LogP contribution in [0.5, 0.6) is 5.75 Å². The number of aromatic hydroxyl groups is 1. The molecule has 0 fully saturated rings. The number of phenolic OH excluding ortho intramolecular Hbond substituents is 1. The fourth-order valence-electron chi connectivity index (χ4n) is 1.44. The average Bonchev–Trinajstić information content (AvgIpc) is 2.24. The summed E-state index contributed by atoms with van der Waals surface area (Å²) in [7, 11) is 0. The normalized spacial score (nSPS) is 14.2. The molecule has 0 aliphatic heterocycles. The number of alkyl halides is 6. The molecule has 0 saturated heterocycles. The van der Waals surface area contributed by atoms with Gasteiger partial charge in [-0.05, 0) is 12.1 Å². The second kappa shape index (κ2) is 4.85. The third-order valence-electron chi connectivity index (χ3n) is 2.31.